The van der Waals surface area contributed by atoms with Gasteiger partial charge in [-0.15, -0.1) is 4.83 Å². The second-order valence-electron chi connectivity index (χ2n) is 8.86. The van der Waals surface area contributed by atoms with Crippen LogP contribution in [0.4, 0.5) is 5.69 Å². The maximum absolute atomic E-state index is 11.6. The molecule has 1 aliphatic carbocycles. The summed E-state index contributed by atoms with van der Waals surface area (Å²) in [5.74, 6) is 1.56. The Balaban J connectivity index is 1.38. The van der Waals surface area contributed by atoms with Gasteiger partial charge in [-0.05, 0) is 79.5 Å². The highest BCUT2D eigenvalue weighted by Gasteiger charge is 2.24. The molecule has 7 heteroatoms. The van der Waals surface area contributed by atoms with E-state index in [1.807, 2.05) is 0 Å². The first kappa shape index (κ1) is 22.1. The SMILES string of the molecule is COc1cccc2c1CCCC2CN(C)CCc1ccc2c(c1)N(NS(C)(=O)=O)CC2. The highest BCUT2D eigenvalue weighted by molar-refractivity contribution is 7.88. The van der Waals surface area contributed by atoms with Crippen LogP contribution in [0.15, 0.2) is 36.4 Å². The summed E-state index contributed by atoms with van der Waals surface area (Å²) >= 11 is 0. The van der Waals surface area contributed by atoms with Crippen molar-refractivity contribution in [3.8, 4) is 5.75 Å². The topological polar surface area (TPSA) is 61.9 Å². The lowest BCUT2D eigenvalue weighted by Gasteiger charge is -2.30. The summed E-state index contributed by atoms with van der Waals surface area (Å²) in [6, 6.07) is 12.9. The monoisotopic (exact) mass is 443 g/mol. The number of benzene rings is 2. The number of hydrogen-bond donors (Lipinski definition) is 1. The van der Waals surface area contributed by atoms with Crippen molar-refractivity contribution in [3.63, 3.8) is 0 Å². The quantitative estimate of drug-likeness (QED) is 0.679. The van der Waals surface area contributed by atoms with Gasteiger partial charge >= 0.3 is 0 Å². The third-order valence-corrected chi connectivity index (χ3v) is 7.00. The molecule has 6 nitrogen and oxygen atoms in total. The van der Waals surface area contributed by atoms with E-state index in [4.69, 9.17) is 4.74 Å². The van der Waals surface area contributed by atoms with Gasteiger partial charge < -0.3 is 9.64 Å². The first-order valence-corrected chi connectivity index (χ1v) is 12.9. The van der Waals surface area contributed by atoms with Gasteiger partial charge in [-0.3, -0.25) is 5.01 Å². The lowest BCUT2D eigenvalue weighted by Crippen LogP contribution is -2.40. The number of anilines is 1. The van der Waals surface area contributed by atoms with Gasteiger partial charge in [-0.2, -0.15) is 0 Å². The maximum atomic E-state index is 11.6. The van der Waals surface area contributed by atoms with Crippen molar-refractivity contribution in [3.05, 3.63) is 58.7 Å². The zero-order valence-corrected chi connectivity index (χ0v) is 19.5. The molecule has 0 radical (unpaired) electrons. The van der Waals surface area contributed by atoms with Crippen LogP contribution in [-0.4, -0.2) is 53.4 Å². The fraction of sp³-hybridized carbons (Fsp3) is 0.500. The molecule has 1 atom stereocenters. The summed E-state index contributed by atoms with van der Waals surface area (Å²) in [4.78, 5) is 5.04. The van der Waals surface area contributed by atoms with Gasteiger partial charge in [0, 0.05) is 19.6 Å². The number of nitrogens with zero attached hydrogens (tertiary/aromatic N) is 2. The van der Waals surface area contributed by atoms with Crippen LogP contribution in [0.2, 0.25) is 0 Å². The molecule has 1 unspecified atom stereocenters. The van der Waals surface area contributed by atoms with Crippen molar-refractivity contribution >= 4 is 15.7 Å². The van der Waals surface area contributed by atoms with Crippen LogP contribution in [0.3, 0.4) is 0 Å². The number of hydrogen-bond acceptors (Lipinski definition) is 5. The van der Waals surface area contributed by atoms with E-state index >= 15 is 0 Å². The van der Waals surface area contributed by atoms with E-state index in [2.05, 4.69) is 53.2 Å². The molecule has 0 spiro atoms. The van der Waals surface area contributed by atoms with E-state index in [-0.39, 0.29) is 0 Å². The second kappa shape index (κ2) is 9.18. The summed E-state index contributed by atoms with van der Waals surface area (Å²) in [7, 11) is 0.676. The highest BCUT2D eigenvalue weighted by atomic mass is 32.2. The molecule has 0 saturated heterocycles. The number of fused-ring (bicyclic) bond motifs is 2. The molecule has 2 aromatic carbocycles. The Kier molecular flexibility index (Phi) is 6.55. The van der Waals surface area contributed by atoms with E-state index in [0.29, 0.717) is 12.5 Å². The number of likely N-dealkylation sites (N-methyl/N-ethyl adjacent to an activating group) is 1. The smallest absolute Gasteiger partial charge is 0.225 e. The van der Waals surface area contributed by atoms with Crippen LogP contribution in [0.5, 0.6) is 5.75 Å². The minimum absolute atomic E-state index is 0.540. The Morgan fingerprint density at radius 2 is 2.06 bits per heavy atom. The number of sulfonamides is 1. The molecule has 2 aliphatic rings. The van der Waals surface area contributed by atoms with E-state index in [1.165, 1.54) is 41.4 Å². The van der Waals surface area contributed by atoms with Crippen molar-refractivity contribution in [1.82, 2.24) is 9.73 Å². The van der Waals surface area contributed by atoms with E-state index < -0.39 is 10.0 Å². The number of nitrogens with one attached hydrogen (secondary N) is 1. The first-order chi connectivity index (χ1) is 14.8. The average molecular weight is 444 g/mol. The lowest BCUT2D eigenvalue weighted by molar-refractivity contribution is 0.299. The van der Waals surface area contributed by atoms with Gasteiger partial charge in [0.05, 0.1) is 19.1 Å². The Hall–Kier alpha value is -2.09. The molecule has 1 N–H and O–H groups in total. The minimum atomic E-state index is -3.28. The zero-order chi connectivity index (χ0) is 22.0. The lowest BCUT2D eigenvalue weighted by atomic mass is 9.82. The van der Waals surface area contributed by atoms with Gasteiger partial charge in [-0.25, -0.2) is 8.42 Å². The molecule has 0 saturated carbocycles. The zero-order valence-electron chi connectivity index (χ0n) is 18.7. The third-order valence-electron chi connectivity index (χ3n) is 6.44. The molecule has 4 rings (SSSR count). The molecule has 168 valence electrons. The predicted molar refractivity (Wildman–Crippen MR) is 125 cm³/mol. The third kappa shape index (κ3) is 5.22. The summed E-state index contributed by atoms with van der Waals surface area (Å²) in [5.41, 5.74) is 6.24. The fourth-order valence-corrected chi connectivity index (χ4v) is 5.55. The normalized spacial score (nSPS) is 18.2. The van der Waals surface area contributed by atoms with Crippen LogP contribution in [-0.2, 0) is 29.3 Å². The molecule has 1 aliphatic heterocycles. The van der Waals surface area contributed by atoms with E-state index in [0.717, 1.165) is 43.8 Å². The van der Waals surface area contributed by atoms with Crippen molar-refractivity contribution < 1.29 is 13.2 Å². The molecule has 0 amide bonds. The van der Waals surface area contributed by atoms with Crippen LogP contribution >= 0.6 is 0 Å². The first-order valence-electron chi connectivity index (χ1n) is 11.0. The second-order valence-corrected chi connectivity index (χ2v) is 10.6. The van der Waals surface area contributed by atoms with Crippen LogP contribution in [0.1, 0.15) is 41.0 Å². The molecule has 0 bridgehead atoms. The van der Waals surface area contributed by atoms with Gasteiger partial charge in [0.2, 0.25) is 10.0 Å². The van der Waals surface area contributed by atoms with Crippen LogP contribution < -0.4 is 14.6 Å². The van der Waals surface area contributed by atoms with Gasteiger partial charge in [0.15, 0.2) is 0 Å². The average Bonchev–Trinajstić information content (AvgIpc) is 3.12. The molecule has 31 heavy (non-hydrogen) atoms. The molecular formula is C24H33N3O3S. The Labute approximate surface area is 186 Å². The number of methoxy groups -OCH3 is 1. The summed E-state index contributed by atoms with van der Waals surface area (Å²) in [6.45, 7) is 2.68. The summed E-state index contributed by atoms with van der Waals surface area (Å²) in [5, 5.41) is 1.75. The van der Waals surface area contributed by atoms with Crippen LogP contribution in [0.25, 0.3) is 0 Å². The molecule has 0 aromatic heterocycles. The number of ether oxygens (including phenoxy) is 1. The molecule has 2 aromatic rings. The predicted octanol–water partition coefficient (Wildman–Crippen LogP) is 3.12. The molecular weight excluding hydrogens is 410 g/mol. The van der Waals surface area contributed by atoms with Gasteiger partial charge in [0.1, 0.15) is 5.75 Å². The highest BCUT2D eigenvalue weighted by Crippen LogP contribution is 2.37. The Morgan fingerprint density at radius 3 is 2.84 bits per heavy atom. The Morgan fingerprint density at radius 1 is 1.23 bits per heavy atom. The van der Waals surface area contributed by atoms with Crippen molar-refractivity contribution in [2.45, 2.75) is 38.0 Å². The number of hydrazine groups is 1. The summed E-state index contributed by atoms with van der Waals surface area (Å²) in [6.07, 6.45) is 6.53. The van der Waals surface area contributed by atoms with Crippen molar-refractivity contribution in [2.24, 2.45) is 0 Å². The summed E-state index contributed by atoms with van der Waals surface area (Å²) < 4.78 is 28.9. The fourth-order valence-electron chi connectivity index (χ4n) is 4.96. The van der Waals surface area contributed by atoms with E-state index in [1.54, 1.807) is 12.1 Å². The minimum Gasteiger partial charge on any atom is -0.496 e. The Bertz CT molecular complexity index is 1040. The van der Waals surface area contributed by atoms with Crippen molar-refractivity contribution in [2.75, 3.05) is 45.1 Å². The van der Waals surface area contributed by atoms with E-state index in [9.17, 15) is 8.42 Å². The van der Waals surface area contributed by atoms with Crippen molar-refractivity contribution in [1.29, 1.82) is 0 Å². The van der Waals surface area contributed by atoms with Crippen LogP contribution in [0, 0.1) is 0 Å². The van der Waals surface area contributed by atoms with Gasteiger partial charge in [0.25, 0.3) is 0 Å². The molecule has 0 fully saturated rings. The number of rotatable bonds is 8. The standard InChI is InChI=1S/C24H33N3O3S/c1-26(17-20-6-4-8-22-21(20)7-5-9-24(22)30-2)14-12-18-10-11-19-13-15-27(23(19)16-18)25-31(3,28)29/h5,7,9-11,16,20,25H,4,6,8,12-15,17H2,1-3H3. The van der Waals surface area contributed by atoms with Gasteiger partial charge in [-0.1, -0.05) is 24.3 Å². The largest absolute Gasteiger partial charge is 0.496 e. The maximum Gasteiger partial charge on any atom is 0.225 e. The molecule has 1 heterocycles.